The second-order valence-electron chi connectivity index (χ2n) is 6.06. The van der Waals surface area contributed by atoms with E-state index >= 15 is 0 Å². The van der Waals surface area contributed by atoms with Crippen LogP contribution in [0.15, 0.2) is 53.3 Å². The number of carbonyl (C=O) groups is 1. The minimum atomic E-state index is -0.519. The quantitative estimate of drug-likeness (QED) is 0.768. The van der Waals surface area contributed by atoms with Gasteiger partial charge in [-0.1, -0.05) is 17.7 Å². The van der Waals surface area contributed by atoms with E-state index in [4.69, 9.17) is 4.74 Å². The number of ether oxygens (including phenoxy) is 1. The molecule has 0 saturated carbocycles. The van der Waals surface area contributed by atoms with Gasteiger partial charge in [0.25, 0.3) is 11.5 Å². The molecule has 0 bridgehead atoms. The largest absolute Gasteiger partial charge is 0.494 e. The molecule has 3 rings (SSSR count). The van der Waals surface area contributed by atoms with Gasteiger partial charge in [0.2, 0.25) is 0 Å². The summed E-state index contributed by atoms with van der Waals surface area (Å²) in [5.41, 5.74) is 2.39. The molecule has 0 aliphatic rings. The summed E-state index contributed by atoms with van der Waals surface area (Å²) >= 11 is 0. The Labute approximate surface area is 155 Å². The standard InChI is InChI=1S/C20H18FN3O3/c1-12-4-9-16(13(2)10-12)22-20(26)19-17(27-3)11-18(25)24(23-19)15-7-5-14(21)6-8-15/h4-11H,1-3H3,(H,22,26). The molecule has 1 amide bonds. The number of hydrogen-bond donors (Lipinski definition) is 1. The first-order valence-electron chi connectivity index (χ1n) is 8.22. The number of rotatable bonds is 4. The van der Waals surface area contributed by atoms with Crippen LogP contribution < -0.4 is 15.6 Å². The Kier molecular flexibility index (Phi) is 5.03. The van der Waals surface area contributed by atoms with Crippen LogP contribution in [0.5, 0.6) is 5.75 Å². The Bertz CT molecular complexity index is 1060. The van der Waals surface area contributed by atoms with E-state index in [0.717, 1.165) is 15.8 Å². The van der Waals surface area contributed by atoms with Crippen LogP contribution in [0, 0.1) is 19.7 Å². The molecule has 0 aliphatic heterocycles. The van der Waals surface area contributed by atoms with E-state index in [1.807, 2.05) is 26.0 Å². The third-order valence-corrected chi connectivity index (χ3v) is 4.03. The zero-order valence-electron chi connectivity index (χ0n) is 15.1. The van der Waals surface area contributed by atoms with Crippen LogP contribution in [0.1, 0.15) is 21.6 Å². The second kappa shape index (κ2) is 7.41. The zero-order valence-corrected chi connectivity index (χ0v) is 15.1. The van der Waals surface area contributed by atoms with Crippen LogP contribution in [0.2, 0.25) is 0 Å². The van der Waals surface area contributed by atoms with Crippen molar-refractivity contribution in [2.45, 2.75) is 13.8 Å². The molecule has 1 heterocycles. The van der Waals surface area contributed by atoms with Crippen molar-refractivity contribution < 1.29 is 13.9 Å². The summed E-state index contributed by atoms with van der Waals surface area (Å²) in [5, 5.41) is 6.91. The number of anilines is 1. The molecule has 2 aromatic carbocycles. The number of methoxy groups -OCH3 is 1. The lowest BCUT2D eigenvalue weighted by Crippen LogP contribution is -2.26. The Morgan fingerprint density at radius 3 is 2.44 bits per heavy atom. The molecular formula is C20H18FN3O3. The van der Waals surface area contributed by atoms with E-state index in [1.54, 1.807) is 6.07 Å². The Balaban J connectivity index is 2.02. The van der Waals surface area contributed by atoms with E-state index in [9.17, 15) is 14.0 Å². The predicted molar refractivity (Wildman–Crippen MR) is 100 cm³/mol. The molecule has 1 aromatic heterocycles. The van der Waals surface area contributed by atoms with Gasteiger partial charge in [-0.3, -0.25) is 9.59 Å². The molecule has 3 aromatic rings. The molecule has 6 nitrogen and oxygen atoms in total. The van der Waals surface area contributed by atoms with Crippen molar-refractivity contribution in [1.29, 1.82) is 0 Å². The molecule has 0 saturated heterocycles. The number of amides is 1. The topological polar surface area (TPSA) is 73.2 Å². The third kappa shape index (κ3) is 3.87. The van der Waals surface area contributed by atoms with Gasteiger partial charge in [-0.25, -0.2) is 4.39 Å². The number of nitrogens with one attached hydrogen (secondary N) is 1. The summed E-state index contributed by atoms with van der Waals surface area (Å²) in [6.07, 6.45) is 0. The van der Waals surface area contributed by atoms with Gasteiger partial charge in [0.15, 0.2) is 11.4 Å². The fraction of sp³-hybridized carbons (Fsp3) is 0.150. The monoisotopic (exact) mass is 367 g/mol. The Morgan fingerprint density at radius 2 is 1.81 bits per heavy atom. The molecule has 0 unspecified atom stereocenters. The van der Waals surface area contributed by atoms with Gasteiger partial charge in [0.05, 0.1) is 18.9 Å². The van der Waals surface area contributed by atoms with Gasteiger partial charge in [-0.15, -0.1) is 0 Å². The Hall–Kier alpha value is -3.48. The van der Waals surface area contributed by atoms with Crippen LogP contribution in [-0.2, 0) is 0 Å². The third-order valence-electron chi connectivity index (χ3n) is 4.03. The van der Waals surface area contributed by atoms with Crippen molar-refractivity contribution >= 4 is 11.6 Å². The molecule has 0 fully saturated rings. The fourth-order valence-electron chi connectivity index (χ4n) is 2.66. The number of aryl methyl sites for hydroxylation is 2. The molecule has 27 heavy (non-hydrogen) atoms. The minimum Gasteiger partial charge on any atom is -0.494 e. The van der Waals surface area contributed by atoms with Crippen molar-refractivity contribution in [3.63, 3.8) is 0 Å². The first kappa shape index (κ1) is 18.3. The van der Waals surface area contributed by atoms with E-state index in [1.165, 1.54) is 37.4 Å². The normalized spacial score (nSPS) is 10.5. The highest BCUT2D eigenvalue weighted by Gasteiger charge is 2.19. The first-order valence-corrected chi connectivity index (χ1v) is 8.22. The smallest absolute Gasteiger partial charge is 0.280 e. The van der Waals surface area contributed by atoms with Crippen molar-refractivity contribution in [2.24, 2.45) is 0 Å². The molecule has 0 radical (unpaired) electrons. The van der Waals surface area contributed by atoms with E-state index in [-0.39, 0.29) is 11.4 Å². The molecule has 0 aliphatic carbocycles. The van der Waals surface area contributed by atoms with Crippen molar-refractivity contribution in [3.05, 3.63) is 81.5 Å². The summed E-state index contributed by atoms with van der Waals surface area (Å²) < 4.78 is 19.3. The van der Waals surface area contributed by atoms with Crippen molar-refractivity contribution in [3.8, 4) is 11.4 Å². The first-order chi connectivity index (χ1) is 12.9. The zero-order chi connectivity index (χ0) is 19.6. The molecule has 138 valence electrons. The lowest BCUT2D eigenvalue weighted by atomic mass is 10.1. The van der Waals surface area contributed by atoms with Gasteiger partial charge in [-0.2, -0.15) is 9.78 Å². The highest BCUT2D eigenvalue weighted by Crippen LogP contribution is 2.20. The van der Waals surface area contributed by atoms with Crippen LogP contribution in [-0.4, -0.2) is 22.8 Å². The highest BCUT2D eigenvalue weighted by atomic mass is 19.1. The maximum Gasteiger partial charge on any atom is 0.280 e. The van der Waals surface area contributed by atoms with Gasteiger partial charge < -0.3 is 10.1 Å². The fourth-order valence-corrected chi connectivity index (χ4v) is 2.66. The molecule has 0 atom stereocenters. The number of nitrogens with zero attached hydrogens (tertiary/aromatic N) is 2. The summed E-state index contributed by atoms with van der Waals surface area (Å²) in [4.78, 5) is 25.1. The van der Waals surface area contributed by atoms with Gasteiger partial charge in [-0.05, 0) is 49.7 Å². The van der Waals surface area contributed by atoms with Crippen molar-refractivity contribution in [1.82, 2.24) is 9.78 Å². The van der Waals surface area contributed by atoms with E-state index in [2.05, 4.69) is 10.4 Å². The predicted octanol–water partition coefficient (Wildman–Crippen LogP) is 3.25. The molecular weight excluding hydrogens is 349 g/mol. The summed E-state index contributed by atoms with van der Waals surface area (Å²) in [5.74, 6) is -0.900. The summed E-state index contributed by atoms with van der Waals surface area (Å²) in [7, 11) is 1.35. The summed E-state index contributed by atoms with van der Waals surface area (Å²) in [6.45, 7) is 3.84. The van der Waals surface area contributed by atoms with E-state index < -0.39 is 17.3 Å². The van der Waals surface area contributed by atoms with Crippen LogP contribution >= 0.6 is 0 Å². The number of hydrogen-bond acceptors (Lipinski definition) is 4. The lowest BCUT2D eigenvalue weighted by Gasteiger charge is -2.13. The van der Waals surface area contributed by atoms with Gasteiger partial charge >= 0.3 is 0 Å². The number of aromatic nitrogens is 2. The average molecular weight is 367 g/mol. The SMILES string of the molecule is COc1cc(=O)n(-c2ccc(F)cc2)nc1C(=O)Nc1ccc(C)cc1C. The number of carbonyl (C=O) groups excluding carboxylic acids is 1. The van der Waals surface area contributed by atoms with Gasteiger partial charge in [0.1, 0.15) is 5.82 Å². The van der Waals surface area contributed by atoms with Crippen LogP contribution in [0.4, 0.5) is 10.1 Å². The Morgan fingerprint density at radius 1 is 1.11 bits per heavy atom. The molecule has 1 N–H and O–H groups in total. The maximum absolute atomic E-state index is 13.1. The van der Waals surface area contributed by atoms with Gasteiger partial charge in [0, 0.05) is 5.69 Å². The lowest BCUT2D eigenvalue weighted by molar-refractivity contribution is 0.101. The number of benzene rings is 2. The van der Waals surface area contributed by atoms with Crippen LogP contribution in [0.25, 0.3) is 5.69 Å². The molecule has 0 spiro atoms. The average Bonchev–Trinajstić information content (AvgIpc) is 2.64. The summed E-state index contributed by atoms with van der Waals surface area (Å²) in [6, 6.07) is 12.0. The number of halogens is 1. The van der Waals surface area contributed by atoms with Crippen molar-refractivity contribution in [2.75, 3.05) is 12.4 Å². The minimum absolute atomic E-state index is 0.0543. The maximum atomic E-state index is 13.1. The van der Waals surface area contributed by atoms with Crippen LogP contribution in [0.3, 0.4) is 0 Å². The molecule has 7 heteroatoms. The van der Waals surface area contributed by atoms with E-state index in [0.29, 0.717) is 11.4 Å². The second-order valence-corrected chi connectivity index (χ2v) is 6.06. The highest BCUT2D eigenvalue weighted by molar-refractivity contribution is 6.05.